The Bertz CT molecular complexity index is 322. The summed E-state index contributed by atoms with van der Waals surface area (Å²) in [5.74, 6) is 0. The average Bonchev–Trinajstić information content (AvgIpc) is 2.40. The summed E-state index contributed by atoms with van der Waals surface area (Å²) >= 11 is 0. The summed E-state index contributed by atoms with van der Waals surface area (Å²) < 4.78 is 11.0. The topological polar surface area (TPSA) is 18.5 Å². The van der Waals surface area contributed by atoms with Gasteiger partial charge in [0.2, 0.25) is 0 Å². The molecule has 0 radical (unpaired) electrons. The van der Waals surface area contributed by atoms with Gasteiger partial charge in [0.1, 0.15) is 6.10 Å². The van der Waals surface area contributed by atoms with E-state index in [2.05, 4.69) is 25.3 Å². The summed E-state index contributed by atoms with van der Waals surface area (Å²) in [4.78, 5) is 0. The molecule has 0 saturated carbocycles. The first-order valence-electron chi connectivity index (χ1n) is 6.35. The summed E-state index contributed by atoms with van der Waals surface area (Å²) in [6.07, 6.45) is 6.36. The van der Waals surface area contributed by atoms with E-state index in [-0.39, 0.29) is 6.10 Å². The molecule has 0 unspecified atom stereocenters. The van der Waals surface area contributed by atoms with Gasteiger partial charge in [-0.2, -0.15) is 0 Å². The predicted octanol–water partition coefficient (Wildman–Crippen LogP) is 4.09. The maximum atomic E-state index is 5.62. The second kappa shape index (κ2) is 9.49. The Hall–Kier alpha value is -1.54. The molecule has 1 aromatic carbocycles. The normalized spacial score (nSPS) is 11.8. The Morgan fingerprint density at radius 1 is 1.17 bits per heavy atom. The third kappa shape index (κ3) is 6.26. The zero-order valence-corrected chi connectivity index (χ0v) is 10.9. The van der Waals surface area contributed by atoms with E-state index < -0.39 is 0 Å². The Kier molecular flexibility index (Phi) is 7.65. The maximum absolute atomic E-state index is 5.62. The van der Waals surface area contributed by atoms with Crippen LogP contribution in [0.1, 0.15) is 24.8 Å². The molecule has 0 heterocycles. The van der Waals surface area contributed by atoms with Crippen LogP contribution in [0.15, 0.2) is 55.8 Å². The largest absolute Gasteiger partial charge is 0.498 e. The van der Waals surface area contributed by atoms with Crippen LogP contribution in [0.25, 0.3) is 0 Å². The zero-order chi connectivity index (χ0) is 13.1. The molecule has 0 spiro atoms. The van der Waals surface area contributed by atoms with Crippen LogP contribution >= 0.6 is 0 Å². The fraction of sp³-hybridized carbons (Fsp3) is 0.375. The molecule has 1 aromatic rings. The molecular weight excluding hydrogens is 224 g/mol. The molecule has 0 fully saturated rings. The van der Waals surface area contributed by atoms with E-state index in [0.717, 1.165) is 25.9 Å². The van der Waals surface area contributed by atoms with Gasteiger partial charge >= 0.3 is 0 Å². The lowest BCUT2D eigenvalue weighted by Gasteiger charge is -2.14. The van der Waals surface area contributed by atoms with Crippen molar-refractivity contribution in [1.82, 2.24) is 0 Å². The quantitative estimate of drug-likeness (QED) is 0.352. The summed E-state index contributed by atoms with van der Waals surface area (Å²) in [7, 11) is 0. The first-order valence-corrected chi connectivity index (χ1v) is 6.35. The van der Waals surface area contributed by atoms with Gasteiger partial charge in [-0.15, -0.1) is 6.58 Å². The van der Waals surface area contributed by atoms with Crippen molar-refractivity contribution in [2.45, 2.75) is 32.0 Å². The van der Waals surface area contributed by atoms with Crippen molar-refractivity contribution in [2.24, 2.45) is 0 Å². The van der Waals surface area contributed by atoms with Crippen LogP contribution in [-0.2, 0) is 16.1 Å². The molecule has 0 amide bonds. The van der Waals surface area contributed by atoms with E-state index in [9.17, 15) is 0 Å². The van der Waals surface area contributed by atoms with Crippen LogP contribution in [0, 0.1) is 0 Å². The Morgan fingerprint density at radius 3 is 2.61 bits per heavy atom. The van der Waals surface area contributed by atoms with Crippen molar-refractivity contribution in [2.75, 3.05) is 6.61 Å². The Labute approximate surface area is 110 Å². The molecular formula is C16H22O2. The highest BCUT2D eigenvalue weighted by Gasteiger charge is 2.05. The standard InChI is InChI=1S/C16H22O2/c1-3-9-16(18-4-2)12-8-13-17-14-15-10-6-5-7-11-15/h3-7,10-11,16H,1-2,8-9,12-14H2/t16-/m0/s1. The van der Waals surface area contributed by atoms with Gasteiger partial charge in [0, 0.05) is 13.0 Å². The van der Waals surface area contributed by atoms with Crippen molar-refractivity contribution >= 4 is 0 Å². The molecule has 0 saturated heterocycles. The minimum atomic E-state index is 0.181. The van der Waals surface area contributed by atoms with Crippen molar-refractivity contribution in [3.63, 3.8) is 0 Å². The first kappa shape index (κ1) is 14.5. The van der Waals surface area contributed by atoms with Gasteiger partial charge in [-0.25, -0.2) is 0 Å². The lowest BCUT2D eigenvalue weighted by atomic mass is 10.1. The van der Waals surface area contributed by atoms with Crippen LogP contribution in [0.4, 0.5) is 0 Å². The van der Waals surface area contributed by atoms with Gasteiger partial charge in [-0.1, -0.05) is 43.0 Å². The lowest BCUT2D eigenvalue weighted by molar-refractivity contribution is 0.0911. The molecule has 0 bridgehead atoms. The van der Waals surface area contributed by atoms with Crippen molar-refractivity contribution in [3.8, 4) is 0 Å². The van der Waals surface area contributed by atoms with E-state index in [1.54, 1.807) is 0 Å². The van der Waals surface area contributed by atoms with Crippen LogP contribution in [0.2, 0.25) is 0 Å². The Balaban J connectivity index is 2.10. The number of benzene rings is 1. The van der Waals surface area contributed by atoms with Crippen molar-refractivity contribution in [3.05, 3.63) is 61.4 Å². The van der Waals surface area contributed by atoms with Gasteiger partial charge in [0.05, 0.1) is 12.9 Å². The lowest BCUT2D eigenvalue weighted by Crippen LogP contribution is -2.09. The maximum Gasteiger partial charge on any atom is 0.101 e. The fourth-order valence-electron chi connectivity index (χ4n) is 1.74. The number of ether oxygens (including phenoxy) is 2. The highest BCUT2D eigenvalue weighted by Crippen LogP contribution is 2.09. The summed E-state index contributed by atoms with van der Waals surface area (Å²) in [5.41, 5.74) is 1.21. The fourth-order valence-corrected chi connectivity index (χ4v) is 1.74. The molecule has 0 aliphatic carbocycles. The molecule has 18 heavy (non-hydrogen) atoms. The van der Waals surface area contributed by atoms with Gasteiger partial charge in [-0.05, 0) is 18.4 Å². The second-order valence-corrected chi connectivity index (χ2v) is 4.13. The second-order valence-electron chi connectivity index (χ2n) is 4.13. The van der Waals surface area contributed by atoms with Crippen LogP contribution in [0.3, 0.4) is 0 Å². The van der Waals surface area contributed by atoms with Gasteiger partial charge in [0.25, 0.3) is 0 Å². The number of rotatable bonds is 10. The summed E-state index contributed by atoms with van der Waals surface area (Å²) in [5, 5.41) is 0. The highest BCUT2D eigenvalue weighted by molar-refractivity contribution is 5.13. The van der Waals surface area contributed by atoms with E-state index in [1.807, 2.05) is 24.3 Å². The van der Waals surface area contributed by atoms with E-state index in [1.165, 1.54) is 11.8 Å². The monoisotopic (exact) mass is 246 g/mol. The van der Waals surface area contributed by atoms with E-state index >= 15 is 0 Å². The minimum Gasteiger partial charge on any atom is -0.498 e. The van der Waals surface area contributed by atoms with E-state index in [4.69, 9.17) is 9.47 Å². The molecule has 0 aliphatic heterocycles. The zero-order valence-electron chi connectivity index (χ0n) is 10.9. The first-order chi connectivity index (χ1) is 8.86. The molecule has 0 aromatic heterocycles. The average molecular weight is 246 g/mol. The van der Waals surface area contributed by atoms with Crippen LogP contribution in [-0.4, -0.2) is 12.7 Å². The molecule has 1 rings (SSSR count). The summed E-state index contributed by atoms with van der Waals surface area (Å²) in [6, 6.07) is 10.2. The third-order valence-electron chi connectivity index (χ3n) is 2.64. The number of hydrogen-bond donors (Lipinski definition) is 0. The molecule has 2 heteroatoms. The molecule has 2 nitrogen and oxygen atoms in total. The number of hydrogen-bond acceptors (Lipinski definition) is 2. The highest BCUT2D eigenvalue weighted by atomic mass is 16.5. The molecule has 0 N–H and O–H groups in total. The smallest absolute Gasteiger partial charge is 0.101 e. The van der Waals surface area contributed by atoms with Gasteiger partial charge < -0.3 is 9.47 Å². The van der Waals surface area contributed by atoms with Crippen LogP contribution in [0.5, 0.6) is 0 Å². The Morgan fingerprint density at radius 2 is 1.94 bits per heavy atom. The van der Waals surface area contributed by atoms with Crippen molar-refractivity contribution < 1.29 is 9.47 Å². The van der Waals surface area contributed by atoms with Crippen LogP contribution < -0.4 is 0 Å². The van der Waals surface area contributed by atoms with Gasteiger partial charge in [0.15, 0.2) is 0 Å². The SMILES string of the molecule is C=CC[C@@H](CCCOCc1ccccc1)OC=C. The third-order valence-corrected chi connectivity index (χ3v) is 2.64. The molecule has 1 atom stereocenters. The molecule has 98 valence electrons. The van der Waals surface area contributed by atoms with E-state index in [0.29, 0.717) is 6.61 Å². The predicted molar refractivity (Wildman–Crippen MR) is 75.2 cm³/mol. The summed E-state index contributed by atoms with van der Waals surface area (Å²) in [6.45, 7) is 8.73. The molecule has 0 aliphatic rings. The van der Waals surface area contributed by atoms with Crippen molar-refractivity contribution in [1.29, 1.82) is 0 Å². The minimum absolute atomic E-state index is 0.181. The van der Waals surface area contributed by atoms with Gasteiger partial charge in [-0.3, -0.25) is 0 Å².